The van der Waals surface area contributed by atoms with Crippen LogP contribution in [0.1, 0.15) is 10.4 Å². The predicted octanol–water partition coefficient (Wildman–Crippen LogP) is 0.982. The van der Waals surface area contributed by atoms with Crippen molar-refractivity contribution in [2.24, 2.45) is 5.92 Å². The highest BCUT2D eigenvalue weighted by Crippen LogP contribution is 2.18. The molecule has 0 aromatic heterocycles. The minimum Gasteiger partial charge on any atom is -0.481 e. The van der Waals surface area contributed by atoms with Crippen LogP contribution in [0.2, 0.25) is 0 Å². The van der Waals surface area contributed by atoms with E-state index in [1.807, 2.05) is 0 Å². The zero-order valence-electron chi connectivity index (χ0n) is 8.39. The zero-order valence-corrected chi connectivity index (χ0v) is 8.39. The monoisotopic (exact) mass is 223 g/mol. The third kappa shape index (κ3) is 1.88. The Morgan fingerprint density at radius 2 is 1.81 bits per heavy atom. The summed E-state index contributed by atoms with van der Waals surface area (Å²) in [4.78, 5) is 23.7. The summed E-state index contributed by atoms with van der Waals surface area (Å²) >= 11 is 0. The van der Waals surface area contributed by atoms with E-state index >= 15 is 0 Å². The van der Waals surface area contributed by atoms with Gasteiger partial charge in [0, 0.05) is 18.7 Å². The van der Waals surface area contributed by atoms with Crippen LogP contribution in [0, 0.1) is 11.7 Å². The first-order valence-electron chi connectivity index (χ1n) is 4.85. The molecule has 0 saturated carbocycles. The number of carbonyl (C=O) groups excluding carboxylic acids is 1. The van der Waals surface area contributed by atoms with Crippen LogP contribution < -0.4 is 0 Å². The molecule has 1 aliphatic heterocycles. The first kappa shape index (κ1) is 10.6. The minimum atomic E-state index is -0.886. The summed E-state index contributed by atoms with van der Waals surface area (Å²) in [5, 5.41) is 8.65. The van der Waals surface area contributed by atoms with Gasteiger partial charge in [-0.2, -0.15) is 0 Å². The molecule has 1 heterocycles. The molecule has 1 saturated heterocycles. The lowest BCUT2D eigenvalue weighted by molar-refractivity contribution is -0.146. The lowest BCUT2D eigenvalue weighted by Crippen LogP contribution is -2.53. The molecule has 1 aliphatic rings. The average Bonchev–Trinajstić information content (AvgIpc) is 2.15. The fourth-order valence-electron chi connectivity index (χ4n) is 1.58. The molecule has 1 amide bonds. The molecule has 1 aromatic carbocycles. The molecule has 0 atom stereocenters. The summed E-state index contributed by atoms with van der Waals surface area (Å²) in [6.45, 7) is 0.455. The zero-order chi connectivity index (χ0) is 11.7. The van der Waals surface area contributed by atoms with Gasteiger partial charge in [-0.05, 0) is 24.3 Å². The lowest BCUT2D eigenvalue weighted by atomic mass is 9.99. The van der Waals surface area contributed by atoms with Gasteiger partial charge in [-0.15, -0.1) is 0 Å². The number of rotatable bonds is 2. The second kappa shape index (κ2) is 3.92. The van der Waals surface area contributed by atoms with E-state index in [9.17, 15) is 14.0 Å². The topological polar surface area (TPSA) is 57.6 Å². The number of nitrogens with zero attached hydrogens (tertiary/aromatic N) is 1. The minimum absolute atomic E-state index is 0.228. The molecule has 16 heavy (non-hydrogen) atoms. The molecule has 0 spiro atoms. The number of carbonyl (C=O) groups is 2. The Bertz CT molecular complexity index is 423. The number of carboxylic acids is 1. The van der Waals surface area contributed by atoms with Crippen molar-refractivity contribution in [3.8, 4) is 0 Å². The van der Waals surface area contributed by atoms with E-state index in [0.717, 1.165) is 0 Å². The van der Waals surface area contributed by atoms with Crippen molar-refractivity contribution in [1.82, 2.24) is 4.90 Å². The van der Waals surface area contributed by atoms with Crippen LogP contribution in [0.3, 0.4) is 0 Å². The van der Waals surface area contributed by atoms with Crippen molar-refractivity contribution in [2.75, 3.05) is 13.1 Å². The first-order chi connectivity index (χ1) is 7.58. The van der Waals surface area contributed by atoms with Crippen LogP contribution in [0.15, 0.2) is 24.3 Å². The van der Waals surface area contributed by atoms with Gasteiger partial charge in [0.1, 0.15) is 5.82 Å². The van der Waals surface area contributed by atoms with Crippen molar-refractivity contribution in [3.63, 3.8) is 0 Å². The molecule has 0 bridgehead atoms. The largest absolute Gasteiger partial charge is 0.481 e. The van der Waals surface area contributed by atoms with Gasteiger partial charge in [-0.3, -0.25) is 9.59 Å². The number of likely N-dealkylation sites (tertiary alicyclic amines) is 1. The number of aliphatic carboxylic acids is 1. The summed E-state index contributed by atoms with van der Waals surface area (Å²) in [5.74, 6) is -2.01. The molecule has 1 aromatic rings. The summed E-state index contributed by atoms with van der Waals surface area (Å²) in [6.07, 6.45) is 0. The SMILES string of the molecule is O=C(O)C1CN(C(=O)c2ccc(F)cc2)C1. The number of benzene rings is 1. The Kier molecular flexibility index (Phi) is 2.60. The summed E-state index contributed by atoms with van der Waals surface area (Å²) in [6, 6.07) is 5.21. The smallest absolute Gasteiger partial charge is 0.310 e. The molecule has 0 unspecified atom stereocenters. The fourth-order valence-corrected chi connectivity index (χ4v) is 1.58. The fraction of sp³-hybridized carbons (Fsp3) is 0.273. The van der Waals surface area contributed by atoms with E-state index < -0.39 is 17.7 Å². The third-order valence-corrected chi connectivity index (χ3v) is 2.61. The molecule has 0 aliphatic carbocycles. The van der Waals surface area contributed by atoms with Crippen LogP contribution in [0.4, 0.5) is 4.39 Å². The van der Waals surface area contributed by atoms with E-state index in [1.165, 1.54) is 29.2 Å². The first-order valence-corrected chi connectivity index (χ1v) is 4.85. The highest BCUT2D eigenvalue weighted by molar-refractivity contribution is 5.95. The van der Waals surface area contributed by atoms with Gasteiger partial charge in [-0.1, -0.05) is 0 Å². The molecule has 5 heteroatoms. The maximum Gasteiger partial charge on any atom is 0.310 e. The van der Waals surface area contributed by atoms with Gasteiger partial charge in [0.2, 0.25) is 0 Å². The van der Waals surface area contributed by atoms with Crippen molar-refractivity contribution >= 4 is 11.9 Å². The van der Waals surface area contributed by atoms with Gasteiger partial charge in [-0.25, -0.2) is 4.39 Å². The Morgan fingerprint density at radius 3 is 2.31 bits per heavy atom. The Morgan fingerprint density at radius 1 is 1.25 bits per heavy atom. The molecule has 4 nitrogen and oxygen atoms in total. The summed E-state index contributed by atoms with van der Waals surface area (Å²) < 4.78 is 12.6. The van der Waals surface area contributed by atoms with Crippen molar-refractivity contribution < 1.29 is 19.1 Å². The highest BCUT2D eigenvalue weighted by atomic mass is 19.1. The van der Waals surface area contributed by atoms with E-state index in [2.05, 4.69) is 0 Å². The van der Waals surface area contributed by atoms with E-state index in [4.69, 9.17) is 5.11 Å². The van der Waals surface area contributed by atoms with Crippen molar-refractivity contribution in [2.45, 2.75) is 0 Å². The third-order valence-electron chi connectivity index (χ3n) is 2.61. The van der Waals surface area contributed by atoms with Gasteiger partial charge in [0.15, 0.2) is 0 Å². The van der Waals surface area contributed by atoms with Crippen molar-refractivity contribution in [1.29, 1.82) is 0 Å². The van der Waals surface area contributed by atoms with Crippen LogP contribution >= 0.6 is 0 Å². The molecular formula is C11H10FNO3. The number of hydrogen-bond donors (Lipinski definition) is 1. The second-order valence-corrected chi connectivity index (χ2v) is 3.75. The Hall–Kier alpha value is -1.91. The summed E-state index contributed by atoms with van der Waals surface area (Å²) in [5.41, 5.74) is 0.380. The van der Waals surface area contributed by atoms with E-state index in [-0.39, 0.29) is 19.0 Å². The molecular weight excluding hydrogens is 213 g/mol. The van der Waals surface area contributed by atoms with Gasteiger partial charge < -0.3 is 10.0 Å². The number of carboxylic acid groups (broad SMARTS) is 1. The number of amides is 1. The van der Waals surface area contributed by atoms with Crippen LogP contribution in [-0.2, 0) is 4.79 Å². The highest BCUT2D eigenvalue weighted by Gasteiger charge is 2.35. The molecule has 84 valence electrons. The van der Waals surface area contributed by atoms with E-state index in [0.29, 0.717) is 5.56 Å². The molecule has 1 fully saturated rings. The number of hydrogen-bond acceptors (Lipinski definition) is 2. The van der Waals surface area contributed by atoms with Crippen LogP contribution in [0.25, 0.3) is 0 Å². The maximum atomic E-state index is 12.6. The van der Waals surface area contributed by atoms with Gasteiger partial charge >= 0.3 is 5.97 Å². The normalized spacial score (nSPS) is 15.7. The Balaban J connectivity index is 2.00. The average molecular weight is 223 g/mol. The van der Waals surface area contributed by atoms with Crippen LogP contribution in [0.5, 0.6) is 0 Å². The standard InChI is InChI=1S/C11H10FNO3/c12-9-3-1-7(2-4-9)10(14)13-5-8(6-13)11(15)16/h1-4,8H,5-6H2,(H,15,16). The van der Waals surface area contributed by atoms with E-state index in [1.54, 1.807) is 0 Å². The molecule has 2 rings (SSSR count). The quantitative estimate of drug-likeness (QED) is 0.813. The van der Waals surface area contributed by atoms with Crippen LogP contribution in [-0.4, -0.2) is 35.0 Å². The predicted molar refractivity (Wildman–Crippen MR) is 53.4 cm³/mol. The van der Waals surface area contributed by atoms with Gasteiger partial charge in [0.25, 0.3) is 5.91 Å². The lowest BCUT2D eigenvalue weighted by Gasteiger charge is -2.36. The molecule has 1 N–H and O–H groups in total. The second-order valence-electron chi connectivity index (χ2n) is 3.75. The maximum absolute atomic E-state index is 12.6. The van der Waals surface area contributed by atoms with Crippen molar-refractivity contribution in [3.05, 3.63) is 35.6 Å². The Labute approximate surface area is 91.3 Å². The molecule has 0 radical (unpaired) electrons. The van der Waals surface area contributed by atoms with Gasteiger partial charge in [0.05, 0.1) is 5.92 Å². The summed E-state index contributed by atoms with van der Waals surface area (Å²) in [7, 11) is 0. The number of halogens is 1.